The van der Waals surface area contributed by atoms with E-state index in [1.807, 2.05) is 24.3 Å². The number of nitrogens with one attached hydrogen (secondary N) is 1. The van der Waals surface area contributed by atoms with E-state index < -0.39 is 4.92 Å². The van der Waals surface area contributed by atoms with Crippen LogP contribution in [0.5, 0.6) is 0 Å². The Balaban J connectivity index is 1.95. The highest BCUT2D eigenvalue weighted by atomic mass is 16.6. The minimum Gasteiger partial charge on any atom is -0.399 e. The number of anilines is 2. The van der Waals surface area contributed by atoms with Crippen LogP contribution in [0, 0.1) is 10.1 Å². The SMILES string of the molecule is Nc1ccc(NCCc2ccc(CCO)cc2)c([N+](=O)[O-])c1. The van der Waals surface area contributed by atoms with Gasteiger partial charge >= 0.3 is 0 Å². The van der Waals surface area contributed by atoms with Gasteiger partial charge in [0.2, 0.25) is 0 Å². The molecule has 2 aromatic rings. The third kappa shape index (κ3) is 4.20. The largest absolute Gasteiger partial charge is 0.399 e. The lowest BCUT2D eigenvalue weighted by Gasteiger charge is -2.08. The maximum atomic E-state index is 11.0. The van der Waals surface area contributed by atoms with Crippen LogP contribution in [0.25, 0.3) is 0 Å². The molecule has 0 aliphatic carbocycles. The molecule has 0 aromatic heterocycles. The first-order valence-corrected chi connectivity index (χ1v) is 7.06. The van der Waals surface area contributed by atoms with E-state index in [-0.39, 0.29) is 12.3 Å². The van der Waals surface area contributed by atoms with Gasteiger partial charge in [-0.2, -0.15) is 0 Å². The number of nitro benzene ring substituents is 1. The number of rotatable bonds is 7. The Bertz CT molecular complexity index is 642. The number of benzene rings is 2. The van der Waals surface area contributed by atoms with E-state index >= 15 is 0 Å². The summed E-state index contributed by atoms with van der Waals surface area (Å²) in [5.74, 6) is 0. The molecule has 0 saturated heterocycles. The summed E-state index contributed by atoms with van der Waals surface area (Å²) in [6, 6.07) is 12.6. The van der Waals surface area contributed by atoms with Gasteiger partial charge in [0, 0.05) is 24.9 Å². The first-order valence-electron chi connectivity index (χ1n) is 7.06. The van der Waals surface area contributed by atoms with Crippen LogP contribution in [0.15, 0.2) is 42.5 Å². The standard InChI is InChI=1S/C16H19N3O3/c17-14-5-6-15(16(11-14)19(21)22)18-9-7-12-1-3-13(4-2-12)8-10-20/h1-6,11,18,20H,7-10,17H2. The maximum Gasteiger partial charge on any atom is 0.294 e. The molecule has 0 saturated carbocycles. The van der Waals surface area contributed by atoms with Crippen LogP contribution in [-0.2, 0) is 12.8 Å². The fourth-order valence-corrected chi connectivity index (χ4v) is 2.19. The van der Waals surface area contributed by atoms with E-state index in [1.165, 1.54) is 6.07 Å². The van der Waals surface area contributed by atoms with E-state index in [0.717, 1.165) is 17.5 Å². The molecule has 6 nitrogen and oxygen atoms in total. The number of aliphatic hydroxyl groups excluding tert-OH is 1. The first kappa shape index (κ1) is 15.8. The molecule has 0 fully saturated rings. The van der Waals surface area contributed by atoms with Crippen LogP contribution in [0.2, 0.25) is 0 Å². The van der Waals surface area contributed by atoms with E-state index in [0.29, 0.717) is 24.3 Å². The Morgan fingerprint density at radius 2 is 1.73 bits per heavy atom. The van der Waals surface area contributed by atoms with Gasteiger partial charge in [-0.05, 0) is 36.1 Å². The van der Waals surface area contributed by atoms with Gasteiger partial charge in [0.15, 0.2) is 0 Å². The molecule has 6 heteroatoms. The summed E-state index contributed by atoms with van der Waals surface area (Å²) in [6.45, 7) is 0.728. The predicted octanol–water partition coefficient (Wildman–Crippen LogP) is 2.37. The lowest BCUT2D eigenvalue weighted by molar-refractivity contribution is -0.383. The molecule has 0 bridgehead atoms. The molecular formula is C16H19N3O3. The lowest BCUT2D eigenvalue weighted by Crippen LogP contribution is -2.07. The van der Waals surface area contributed by atoms with Crippen molar-refractivity contribution in [3.05, 3.63) is 63.7 Å². The van der Waals surface area contributed by atoms with E-state index in [4.69, 9.17) is 10.8 Å². The number of hydrogen-bond acceptors (Lipinski definition) is 5. The van der Waals surface area contributed by atoms with Crippen molar-refractivity contribution in [2.24, 2.45) is 0 Å². The van der Waals surface area contributed by atoms with Crippen molar-refractivity contribution in [2.45, 2.75) is 12.8 Å². The fraction of sp³-hybridized carbons (Fsp3) is 0.250. The van der Waals surface area contributed by atoms with Crippen molar-refractivity contribution in [3.8, 4) is 0 Å². The summed E-state index contributed by atoms with van der Waals surface area (Å²) in [5.41, 5.74) is 8.62. The van der Waals surface area contributed by atoms with Gasteiger partial charge in [-0.15, -0.1) is 0 Å². The van der Waals surface area contributed by atoms with Gasteiger partial charge in [-0.25, -0.2) is 0 Å². The summed E-state index contributed by atoms with van der Waals surface area (Å²) in [5, 5.41) is 22.9. The van der Waals surface area contributed by atoms with E-state index in [2.05, 4.69) is 5.32 Å². The highest BCUT2D eigenvalue weighted by molar-refractivity contribution is 5.66. The van der Waals surface area contributed by atoms with Crippen LogP contribution >= 0.6 is 0 Å². The molecule has 2 aromatic carbocycles. The number of aliphatic hydroxyl groups is 1. The monoisotopic (exact) mass is 301 g/mol. The second kappa shape index (κ2) is 7.42. The van der Waals surface area contributed by atoms with Crippen molar-refractivity contribution >= 4 is 17.1 Å². The molecule has 0 atom stereocenters. The molecule has 0 amide bonds. The Hall–Kier alpha value is -2.60. The maximum absolute atomic E-state index is 11.0. The fourth-order valence-electron chi connectivity index (χ4n) is 2.19. The van der Waals surface area contributed by atoms with Crippen molar-refractivity contribution in [2.75, 3.05) is 24.2 Å². The zero-order chi connectivity index (χ0) is 15.9. The van der Waals surface area contributed by atoms with Gasteiger partial charge in [-0.1, -0.05) is 24.3 Å². The van der Waals surface area contributed by atoms with Crippen LogP contribution in [0.3, 0.4) is 0 Å². The summed E-state index contributed by atoms with van der Waals surface area (Å²) in [6.07, 6.45) is 1.40. The minimum atomic E-state index is -0.442. The molecular weight excluding hydrogens is 282 g/mol. The number of nitrogens with two attached hydrogens (primary N) is 1. The zero-order valence-electron chi connectivity index (χ0n) is 12.2. The van der Waals surface area contributed by atoms with Crippen molar-refractivity contribution in [1.29, 1.82) is 0 Å². The average Bonchev–Trinajstić information content (AvgIpc) is 2.50. The van der Waals surface area contributed by atoms with Crippen LogP contribution in [0.1, 0.15) is 11.1 Å². The first-order chi connectivity index (χ1) is 10.6. The smallest absolute Gasteiger partial charge is 0.294 e. The quantitative estimate of drug-likeness (QED) is 0.414. The molecule has 0 heterocycles. The lowest BCUT2D eigenvalue weighted by atomic mass is 10.1. The highest BCUT2D eigenvalue weighted by Gasteiger charge is 2.13. The molecule has 0 unspecified atom stereocenters. The molecule has 0 spiro atoms. The summed E-state index contributed by atoms with van der Waals surface area (Å²) in [4.78, 5) is 10.6. The van der Waals surface area contributed by atoms with Gasteiger partial charge < -0.3 is 16.2 Å². The van der Waals surface area contributed by atoms with Crippen LogP contribution < -0.4 is 11.1 Å². The normalized spacial score (nSPS) is 10.4. The Kier molecular flexibility index (Phi) is 5.32. The van der Waals surface area contributed by atoms with Crippen LogP contribution in [-0.4, -0.2) is 23.2 Å². The second-order valence-corrected chi connectivity index (χ2v) is 5.00. The summed E-state index contributed by atoms with van der Waals surface area (Å²) >= 11 is 0. The third-order valence-electron chi connectivity index (χ3n) is 3.37. The number of nitro groups is 1. The van der Waals surface area contributed by atoms with Crippen molar-refractivity contribution in [1.82, 2.24) is 0 Å². The zero-order valence-corrected chi connectivity index (χ0v) is 12.2. The molecule has 0 radical (unpaired) electrons. The molecule has 0 aliphatic rings. The Morgan fingerprint density at radius 1 is 1.09 bits per heavy atom. The Morgan fingerprint density at radius 3 is 2.32 bits per heavy atom. The van der Waals surface area contributed by atoms with Crippen LogP contribution in [0.4, 0.5) is 17.1 Å². The molecule has 116 valence electrons. The van der Waals surface area contributed by atoms with Crippen molar-refractivity contribution in [3.63, 3.8) is 0 Å². The van der Waals surface area contributed by atoms with Gasteiger partial charge in [-0.3, -0.25) is 10.1 Å². The molecule has 4 N–H and O–H groups in total. The van der Waals surface area contributed by atoms with E-state index in [9.17, 15) is 10.1 Å². The molecule has 22 heavy (non-hydrogen) atoms. The van der Waals surface area contributed by atoms with Gasteiger partial charge in [0.1, 0.15) is 5.69 Å². The van der Waals surface area contributed by atoms with E-state index in [1.54, 1.807) is 12.1 Å². The van der Waals surface area contributed by atoms with Gasteiger partial charge in [0.25, 0.3) is 5.69 Å². The molecule has 0 aliphatic heterocycles. The highest BCUT2D eigenvalue weighted by Crippen LogP contribution is 2.26. The summed E-state index contributed by atoms with van der Waals surface area (Å²) < 4.78 is 0. The predicted molar refractivity (Wildman–Crippen MR) is 86.9 cm³/mol. The number of nitrogen functional groups attached to an aromatic ring is 1. The minimum absolute atomic E-state index is 0.0155. The Labute approximate surface area is 128 Å². The van der Waals surface area contributed by atoms with Crippen molar-refractivity contribution < 1.29 is 10.0 Å². The number of nitrogens with zero attached hydrogens (tertiary/aromatic N) is 1. The summed E-state index contributed by atoms with van der Waals surface area (Å²) in [7, 11) is 0. The topological polar surface area (TPSA) is 101 Å². The van der Waals surface area contributed by atoms with Gasteiger partial charge in [0.05, 0.1) is 4.92 Å². The number of hydrogen-bond donors (Lipinski definition) is 3. The third-order valence-corrected chi connectivity index (χ3v) is 3.37. The molecule has 2 rings (SSSR count). The average molecular weight is 301 g/mol. The second-order valence-electron chi connectivity index (χ2n) is 5.00.